The Morgan fingerprint density at radius 2 is 1.79 bits per heavy atom. The number of amides is 1. The zero-order valence-electron chi connectivity index (χ0n) is 18.8. The van der Waals surface area contributed by atoms with E-state index in [9.17, 15) is 4.79 Å². The van der Waals surface area contributed by atoms with E-state index in [1.54, 1.807) is 0 Å². The van der Waals surface area contributed by atoms with Crippen LogP contribution in [0.1, 0.15) is 23.4 Å². The lowest BCUT2D eigenvalue weighted by atomic mass is 10.1. The number of hydrogen-bond donors (Lipinski definition) is 1. The normalized spacial score (nSPS) is 11.0. The van der Waals surface area contributed by atoms with Gasteiger partial charge in [0.2, 0.25) is 5.91 Å². The van der Waals surface area contributed by atoms with Gasteiger partial charge in [0.25, 0.3) is 0 Å². The van der Waals surface area contributed by atoms with E-state index >= 15 is 0 Å². The minimum atomic E-state index is 0.0472. The Bertz CT molecular complexity index is 1240. The number of halogens is 1. The minimum Gasteiger partial charge on any atom is -0.490 e. The summed E-state index contributed by atoms with van der Waals surface area (Å²) in [5, 5.41) is 3.64. The fourth-order valence-electron chi connectivity index (χ4n) is 3.89. The maximum absolute atomic E-state index is 12.3. The quantitative estimate of drug-likeness (QED) is 0.323. The summed E-state index contributed by atoms with van der Waals surface area (Å²) in [6.07, 6.45) is 1.99. The average molecular weight is 462 g/mol. The van der Waals surface area contributed by atoms with Crippen LogP contribution in [-0.2, 0) is 24.2 Å². The Morgan fingerprint density at radius 1 is 1.03 bits per heavy atom. The van der Waals surface area contributed by atoms with Crippen molar-refractivity contribution in [3.63, 3.8) is 0 Å². The fourth-order valence-corrected chi connectivity index (χ4v) is 4.08. The Balaban J connectivity index is 1.34. The second-order valence-corrected chi connectivity index (χ2v) is 8.41. The predicted octanol–water partition coefficient (Wildman–Crippen LogP) is 5.37. The molecule has 0 fully saturated rings. The lowest BCUT2D eigenvalue weighted by Gasteiger charge is -2.12. The van der Waals surface area contributed by atoms with Gasteiger partial charge in [-0.15, -0.1) is 0 Å². The van der Waals surface area contributed by atoms with Crippen LogP contribution in [-0.4, -0.2) is 28.6 Å². The van der Waals surface area contributed by atoms with Gasteiger partial charge < -0.3 is 14.6 Å². The van der Waals surface area contributed by atoms with Gasteiger partial charge in [-0.25, -0.2) is 4.98 Å². The van der Waals surface area contributed by atoms with Crippen LogP contribution in [0.4, 0.5) is 0 Å². The fraction of sp³-hybridized carbons (Fsp3) is 0.259. The molecule has 4 rings (SSSR count). The smallest absolute Gasteiger partial charge is 0.224 e. The van der Waals surface area contributed by atoms with Gasteiger partial charge >= 0.3 is 0 Å². The molecule has 0 aliphatic carbocycles. The van der Waals surface area contributed by atoms with E-state index in [0.29, 0.717) is 36.9 Å². The van der Waals surface area contributed by atoms with E-state index in [2.05, 4.69) is 16.0 Å². The molecule has 1 aromatic heterocycles. The highest BCUT2D eigenvalue weighted by atomic mass is 35.5. The van der Waals surface area contributed by atoms with Gasteiger partial charge in [-0.1, -0.05) is 60.1 Å². The van der Waals surface area contributed by atoms with Crippen molar-refractivity contribution in [1.29, 1.82) is 0 Å². The third-order valence-electron chi connectivity index (χ3n) is 5.65. The SMILES string of the molecule is Cc1ccccc1CC(=O)NCCCc1nc2ccccc2n1CCOc1ccccc1Cl. The zero-order valence-corrected chi connectivity index (χ0v) is 19.5. The van der Waals surface area contributed by atoms with Crippen molar-refractivity contribution in [1.82, 2.24) is 14.9 Å². The summed E-state index contributed by atoms with van der Waals surface area (Å²) in [5.74, 6) is 1.72. The number of para-hydroxylation sites is 3. The molecule has 0 spiro atoms. The lowest BCUT2D eigenvalue weighted by molar-refractivity contribution is -0.120. The van der Waals surface area contributed by atoms with Crippen LogP contribution in [0.3, 0.4) is 0 Å². The number of rotatable bonds is 10. The van der Waals surface area contributed by atoms with Crippen LogP contribution in [0, 0.1) is 6.92 Å². The van der Waals surface area contributed by atoms with Gasteiger partial charge in [0, 0.05) is 13.0 Å². The number of aromatic nitrogens is 2. The van der Waals surface area contributed by atoms with E-state index in [0.717, 1.165) is 40.8 Å². The number of fused-ring (bicyclic) bond motifs is 1. The van der Waals surface area contributed by atoms with E-state index < -0.39 is 0 Å². The van der Waals surface area contributed by atoms with Gasteiger partial charge in [0.1, 0.15) is 18.2 Å². The molecule has 4 aromatic rings. The Labute approximate surface area is 199 Å². The molecule has 0 radical (unpaired) electrons. The molecule has 0 atom stereocenters. The molecular weight excluding hydrogens is 434 g/mol. The predicted molar refractivity (Wildman–Crippen MR) is 133 cm³/mol. The first-order valence-electron chi connectivity index (χ1n) is 11.2. The molecule has 0 saturated carbocycles. The van der Waals surface area contributed by atoms with Crippen molar-refractivity contribution in [2.45, 2.75) is 32.7 Å². The number of imidazole rings is 1. The van der Waals surface area contributed by atoms with Gasteiger partial charge in [0.15, 0.2) is 0 Å². The summed E-state index contributed by atoms with van der Waals surface area (Å²) in [7, 11) is 0. The second kappa shape index (κ2) is 11.0. The first-order chi connectivity index (χ1) is 16.1. The summed E-state index contributed by atoms with van der Waals surface area (Å²) in [5.41, 5.74) is 4.25. The monoisotopic (exact) mass is 461 g/mol. The van der Waals surface area contributed by atoms with E-state index in [4.69, 9.17) is 21.3 Å². The van der Waals surface area contributed by atoms with Crippen LogP contribution < -0.4 is 10.1 Å². The van der Waals surface area contributed by atoms with Crippen molar-refractivity contribution in [3.05, 3.63) is 94.8 Å². The number of nitrogens with zero attached hydrogens (tertiary/aromatic N) is 2. The number of nitrogens with one attached hydrogen (secondary N) is 1. The average Bonchev–Trinajstić information content (AvgIpc) is 3.17. The summed E-state index contributed by atoms with van der Waals surface area (Å²) in [6, 6.07) is 23.6. The molecule has 170 valence electrons. The van der Waals surface area contributed by atoms with Crippen LogP contribution in [0.15, 0.2) is 72.8 Å². The third-order valence-corrected chi connectivity index (χ3v) is 5.97. The van der Waals surface area contributed by atoms with Gasteiger partial charge in [0.05, 0.1) is 29.0 Å². The Morgan fingerprint density at radius 3 is 2.64 bits per heavy atom. The standard InChI is InChI=1S/C27H28ClN3O2/c1-20-9-2-3-10-21(20)19-27(32)29-16-8-15-26-30-23-12-5-6-13-24(23)31(26)17-18-33-25-14-7-4-11-22(25)28/h2-7,9-14H,8,15-19H2,1H3,(H,29,32). The molecule has 0 aliphatic rings. The third kappa shape index (κ3) is 5.93. The molecule has 33 heavy (non-hydrogen) atoms. The molecule has 1 N–H and O–H groups in total. The Hall–Kier alpha value is -3.31. The highest BCUT2D eigenvalue weighted by Gasteiger charge is 2.11. The molecular formula is C27H28ClN3O2. The van der Waals surface area contributed by atoms with Crippen LogP contribution >= 0.6 is 11.6 Å². The molecule has 0 aliphatic heterocycles. The number of carbonyl (C=O) groups is 1. The molecule has 6 heteroatoms. The zero-order chi connectivity index (χ0) is 23.0. The van der Waals surface area contributed by atoms with Crippen molar-refractivity contribution >= 4 is 28.5 Å². The van der Waals surface area contributed by atoms with E-state index in [1.165, 1.54) is 0 Å². The molecule has 5 nitrogen and oxygen atoms in total. The highest BCUT2D eigenvalue weighted by molar-refractivity contribution is 6.32. The number of hydrogen-bond acceptors (Lipinski definition) is 3. The van der Waals surface area contributed by atoms with Crippen LogP contribution in [0.2, 0.25) is 5.02 Å². The number of aryl methyl sites for hydroxylation is 2. The van der Waals surface area contributed by atoms with Gasteiger partial charge in [-0.05, 0) is 48.7 Å². The Kier molecular flexibility index (Phi) is 7.63. The number of carbonyl (C=O) groups excluding carboxylic acids is 1. The second-order valence-electron chi connectivity index (χ2n) is 8.00. The number of ether oxygens (including phenoxy) is 1. The van der Waals surface area contributed by atoms with Gasteiger partial charge in [-0.2, -0.15) is 0 Å². The minimum absolute atomic E-state index is 0.0472. The summed E-state index contributed by atoms with van der Waals surface area (Å²) >= 11 is 6.20. The number of benzene rings is 3. The van der Waals surface area contributed by atoms with Crippen molar-refractivity contribution in [2.75, 3.05) is 13.2 Å². The van der Waals surface area contributed by atoms with Crippen LogP contribution in [0.25, 0.3) is 11.0 Å². The molecule has 0 saturated heterocycles. The summed E-state index contributed by atoms with van der Waals surface area (Å²) < 4.78 is 8.10. The lowest BCUT2D eigenvalue weighted by Crippen LogP contribution is -2.26. The summed E-state index contributed by atoms with van der Waals surface area (Å²) in [4.78, 5) is 17.1. The topological polar surface area (TPSA) is 56.2 Å². The first kappa shape index (κ1) is 22.9. The summed E-state index contributed by atoms with van der Waals surface area (Å²) in [6.45, 7) is 3.80. The van der Waals surface area contributed by atoms with Gasteiger partial charge in [-0.3, -0.25) is 4.79 Å². The van der Waals surface area contributed by atoms with E-state index in [1.807, 2.05) is 73.7 Å². The van der Waals surface area contributed by atoms with Crippen molar-refractivity contribution in [2.24, 2.45) is 0 Å². The maximum Gasteiger partial charge on any atom is 0.224 e. The molecule has 0 unspecified atom stereocenters. The van der Waals surface area contributed by atoms with E-state index in [-0.39, 0.29) is 5.91 Å². The molecule has 0 bridgehead atoms. The van der Waals surface area contributed by atoms with Crippen LogP contribution in [0.5, 0.6) is 5.75 Å². The molecule has 3 aromatic carbocycles. The highest BCUT2D eigenvalue weighted by Crippen LogP contribution is 2.23. The molecule has 1 heterocycles. The van der Waals surface area contributed by atoms with Crippen molar-refractivity contribution < 1.29 is 9.53 Å². The first-order valence-corrected chi connectivity index (χ1v) is 11.6. The maximum atomic E-state index is 12.3. The largest absolute Gasteiger partial charge is 0.490 e. The van der Waals surface area contributed by atoms with Crippen molar-refractivity contribution in [3.8, 4) is 5.75 Å². The molecule has 1 amide bonds.